The quantitative estimate of drug-likeness (QED) is 0.708. The largest absolute Gasteiger partial charge is 0.384 e. The van der Waals surface area contributed by atoms with E-state index in [1.807, 2.05) is 12.4 Å². The lowest BCUT2D eigenvalue weighted by atomic mass is 9.85. The third-order valence-corrected chi connectivity index (χ3v) is 3.55. The van der Waals surface area contributed by atoms with E-state index in [1.54, 1.807) is 6.20 Å². The third kappa shape index (κ3) is 2.03. The molecule has 0 atom stereocenters. The molecule has 0 saturated heterocycles. The summed E-state index contributed by atoms with van der Waals surface area (Å²) in [5.74, 6) is 0.587. The second-order valence-corrected chi connectivity index (χ2v) is 6.07. The first-order valence-electron chi connectivity index (χ1n) is 6.64. The van der Waals surface area contributed by atoms with Crippen LogP contribution in [0.15, 0.2) is 36.8 Å². The highest BCUT2D eigenvalue weighted by atomic mass is 15.1. The number of pyridine rings is 1. The number of aromatic nitrogens is 3. The first-order valence-corrected chi connectivity index (χ1v) is 6.64. The van der Waals surface area contributed by atoms with E-state index in [4.69, 9.17) is 5.73 Å². The number of hydrogen-bond acceptors (Lipinski definition) is 3. The number of rotatable bonds is 1. The lowest BCUT2D eigenvalue weighted by Gasteiger charge is -2.20. The molecule has 3 N–H and O–H groups in total. The Morgan fingerprint density at radius 1 is 1.10 bits per heavy atom. The number of nitrogens with one attached hydrogen (secondary N) is 1. The summed E-state index contributed by atoms with van der Waals surface area (Å²) in [5, 5.41) is 9.09. The Bertz CT molecular complexity index is 765. The maximum atomic E-state index is 5.88. The van der Waals surface area contributed by atoms with E-state index in [1.165, 1.54) is 10.9 Å². The van der Waals surface area contributed by atoms with Gasteiger partial charge in [0.2, 0.25) is 0 Å². The van der Waals surface area contributed by atoms with E-state index in [-0.39, 0.29) is 5.41 Å². The molecule has 3 rings (SSSR count). The Morgan fingerprint density at radius 3 is 2.55 bits per heavy atom. The topological polar surface area (TPSA) is 67.6 Å². The lowest BCUT2D eigenvalue weighted by Crippen LogP contribution is -2.12. The summed E-state index contributed by atoms with van der Waals surface area (Å²) in [6, 6.07) is 6.33. The van der Waals surface area contributed by atoms with Crippen molar-refractivity contribution in [2.75, 3.05) is 5.73 Å². The van der Waals surface area contributed by atoms with Gasteiger partial charge in [-0.25, -0.2) is 0 Å². The van der Waals surface area contributed by atoms with Gasteiger partial charge in [-0.05, 0) is 28.0 Å². The molecule has 4 heteroatoms. The first-order chi connectivity index (χ1) is 9.47. The lowest BCUT2D eigenvalue weighted by molar-refractivity contribution is 0.593. The van der Waals surface area contributed by atoms with Crippen molar-refractivity contribution in [1.29, 1.82) is 0 Å². The molecule has 0 aliphatic heterocycles. The van der Waals surface area contributed by atoms with Crippen molar-refractivity contribution in [3.8, 4) is 11.1 Å². The second-order valence-electron chi connectivity index (χ2n) is 6.07. The fraction of sp³-hybridized carbons (Fsp3) is 0.250. The zero-order valence-electron chi connectivity index (χ0n) is 11.9. The van der Waals surface area contributed by atoms with Gasteiger partial charge >= 0.3 is 0 Å². The molecular weight excluding hydrogens is 248 g/mol. The molecule has 0 amide bonds. The molecular formula is C16H18N4. The van der Waals surface area contributed by atoms with Gasteiger partial charge in [0.1, 0.15) is 5.82 Å². The average molecular weight is 266 g/mol. The van der Waals surface area contributed by atoms with Crippen molar-refractivity contribution < 1.29 is 0 Å². The maximum Gasteiger partial charge on any atom is 0.126 e. The van der Waals surface area contributed by atoms with E-state index in [2.05, 4.69) is 54.2 Å². The van der Waals surface area contributed by atoms with E-state index in [0.29, 0.717) is 5.82 Å². The fourth-order valence-corrected chi connectivity index (χ4v) is 2.47. The molecule has 0 aliphatic rings. The van der Waals surface area contributed by atoms with Crippen LogP contribution in [0.1, 0.15) is 26.3 Å². The molecule has 2 aromatic heterocycles. The van der Waals surface area contributed by atoms with Crippen molar-refractivity contribution in [2.45, 2.75) is 26.2 Å². The summed E-state index contributed by atoms with van der Waals surface area (Å²) in [6.07, 6.45) is 5.59. The average Bonchev–Trinajstić information content (AvgIpc) is 2.82. The Balaban J connectivity index is 2.21. The van der Waals surface area contributed by atoms with Crippen LogP contribution in [0.25, 0.3) is 21.9 Å². The molecule has 0 unspecified atom stereocenters. The zero-order chi connectivity index (χ0) is 14.3. The van der Waals surface area contributed by atoms with Gasteiger partial charge in [0.15, 0.2) is 0 Å². The third-order valence-electron chi connectivity index (χ3n) is 3.55. The standard InChI is InChI=1S/C16H18N4/c1-16(2,3)14-9-18-7-11-6-10(4-5-12(11)14)13-8-19-20-15(13)17/h4-9H,1-3H3,(H3,17,19,20). The number of H-pyrrole nitrogens is 1. The number of nitrogen functional groups attached to an aromatic ring is 1. The summed E-state index contributed by atoms with van der Waals surface area (Å²) in [5.41, 5.74) is 9.18. The Hall–Kier alpha value is -2.36. The Morgan fingerprint density at radius 2 is 1.90 bits per heavy atom. The van der Waals surface area contributed by atoms with Crippen molar-refractivity contribution in [3.63, 3.8) is 0 Å². The van der Waals surface area contributed by atoms with E-state index >= 15 is 0 Å². The van der Waals surface area contributed by atoms with Crippen LogP contribution in [0, 0.1) is 0 Å². The number of fused-ring (bicyclic) bond motifs is 1. The fourth-order valence-electron chi connectivity index (χ4n) is 2.47. The number of hydrogen-bond donors (Lipinski definition) is 2. The highest BCUT2D eigenvalue weighted by Crippen LogP contribution is 2.32. The molecule has 0 radical (unpaired) electrons. The van der Waals surface area contributed by atoms with Gasteiger partial charge in [0, 0.05) is 23.3 Å². The van der Waals surface area contributed by atoms with E-state index < -0.39 is 0 Å². The zero-order valence-corrected chi connectivity index (χ0v) is 11.9. The first kappa shape index (κ1) is 12.7. The van der Waals surface area contributed by atoms with Crippen LogP contribution in [-0.4, -0.2) is 15.2 Å². The molecule has 0 saturated carbocycles. The molecule has 102 valence electrons. The van der Waals surface area contributed by atoms with Crippen molar-refractivity contribution in [1.82, 2.24) is 15.2 Å². The number of aromatic amines is 1. The molecule has 2 heterocycles. The minimum absolute atomic E-state index is 0.0721. The Kier molecular flexibility index (Phi) is 2.74. The van der Waals surface area contributed by atoms with Crippen LogP contribution in [0.4, 0.5) is 5.82 Å². The van der Waals surface area contributed by atoms with Crippen molar-refractivity contribution in [2.24, 2.45) is 0 Å². The number of anilines is 1. The van der Waals surface area contributed by atoms with Gasteiger partial charge < -0.3 is 5.73 Å². The summed E-state index contributed by atoms with van der Waals surface area (Å²) in [6.45, 7) is 6.60. The predicted molar refractivity (Wildman–Crippen MR) is 82.4 cm³/mol. The van der Waals surface area contributed by atoms with Gasteiger partial charge in [-0.1, -0.05) is 32.9 Å². The monoisotopic (exact) mass is 266 g/mol. The number of benzene rings is 1. The number of nitrogens with two attached hydrogens (primary N) is 1. The van der Waals surface area contributed by atoms with Crippen LogP contribution >= 0.6 is 0 Å². The maximum absolute atomic E-state index is 5.88. The van der Waals surface area contributed by atoms with Crippen LogP contribution in [-0.2, 0) is 5.41 Å². The van der Waals surface area contributed by atoms with Crippen molar-refractivity contribution >= 4 is 16.6 Å². The van der Waals surface area contributed by atoms with Gasteiger partial charge in [0.05, 0.1) is 6.20 Å². The molecule has 0 spiro atoms. The van der Waals surface area contributed by atoms with Gasteiger partial charge in [0.25, 0.3) is 0 Å². The van der Waals surface area contributed by atoms with Crippen LogP contribution in [0.2, 0.25) is 0 Å². The molecule has 0 fully saturated rings. The predicted octanol–water partition coefficient (Wildman–Crippen LogP) is 3.50. The molecule has 1 aromatic carbocycles. The van der Waals surface area contributed by atoms with Crippen molar-refractivity contribution in [3.05, 3.63) is 42.4 Å². The SMILES string of the molecule is CC(C)(C)c1cncc2cc(-c3cn[nH]c3N)ccc12. The molecule has 4 nitrogen and oxygen atoms in total. The second kappa shape index (κ2) is 4.34. The van der Waals surface area contributed by atoms with Crippen LogP contribution in [0.5, 0.6) is 0 Å². The molecule has 3 aromatic rings. The van der Waals surface area contributed by atoms with Gasteiger partial charge in [-0.3, -0.25) is 10.1 Å². The normalized spacial score (nSPS) is 11.9. The van der Waals surface area contributed by atoms with Crippen LogP contribution in [0.3, 0.4) is 0 Å². The Labute approximate surface area is 118 Å². The van der Waals surface area contributed by atoms with E-state index in [0.717, 1.165) is 16.5 Å². The highest BCUT2D eigenvalue weighted by Gasteiger charge is 2.17. The van der Waals surface area contributed by atoms with Gasteiger partial charge in [-0.15, -0.1) is 0 Å². The summed E-state index contributed by atoms with van der Waals surface area (Å²) < 4.78 is 0. The smallest absolute Gasteiger partial charge is 0.126 e. The summed E-state index contributed by atoms with van der Waals surface area (Å²) in [7, 11) is 0. The molecule has 20 heavy (non-hydrogen) atoms. The van der Waals surface area contributed by atoms with Crippen LogP contribution < -0.4 is 5.73 Å². The summed E-state index contributed by atoms with van der Waals surface area (Å²) in [4.78, 5) is 4.37. The minimum atomic E-state index is 0.0721. The number of nitrogens with zero attached hydrogens (tertiary/aromatic N) is 2. The van der Waals surface area contributed by atoms with E-state index in [9.17, 15) is 0 Å². The molecule has 0 aliphatic carbocycles. The molecule has 0 bridgehead atoms. The van der Waals surface area contributed by atoms with Gasteiger partial charge in [-0.2, -0.15) is 5.10 Å². The summed E-state index contributed by atoms with van der Waals surface area (Å²) >= 11 is 0. The minimum Gasteiger partial charge on any atom is -0.384 e. The highest BCUT2D eigenvalue weighted by molar-refractivity contribution is 5.90.